The van der Waals surface area contributed by atoms with Gasteiger partial charge in [-0.1, -0.05) is 24.3 Å². The number of carbonyl (C=O) groups is 2. The van der Waals surface area contributed by atoms with Crippen molar-refractivity contribution in [3.05, 3.63) is 77.7 Å². The highest BCUT2D eigenvalue weighted by Gasteiger charge is 2.14. The smallest absolute Gasteiger partial charge is 0.252 e. The van der Waals surface area contributed by atoms with Gasteiger partial charge in [0, 0.05) is 31.3 Å². The molecule has 0 aliphatic heterocycles. The fourth-order valence-corrected chi connectivity index (χ4v) is 2.65. The van der Waals surface area contributed by atoms with Crippen molar-refractivity contribution >= 4 is 29.0 Å². The summed E-state index contributed by atoms with van der Waals surface area (Å²) >= 11 is 0. The van der Waals surface area contributed by atoms with Crippen LogP contribution in [0.1, 0.15) is 21.5 Å². The van der Waals surface area contributed by atoms with Crippen molar-refractivity contribution in [1.82, 2.24) is 15.3 Å². The highest BCUT2D eigenvalue weighted by Crippen LogP contribution is 2.26. The van der Waals surface area contributed by atoms with Gasteiger partial charge < -0.3 is 16.0 Å². The van der Waals surface area contributed by atoms with Crippen LogP contribution >= 0.6 is 0 Å². The highest BCUT2D eigenvalue weighted by molar-refractivity contribution is 5.99. The summed E-state index contributed by atoms with van der Waals surface area (Å²) in [5.41, 5.74) is 3.48. The van der Waals surface area contributed by atoms with Gasteiger partial charge in [-0.15, -0.1) is 0 Å². The SMILES string of the molecule is CNC(=O)c1cnc(Nc2ccccc2C)c(NC(=O)Cc2cccnc2)c1. The average molecular weight is 375 g/mol. The van der Waals surface area contributed by atoms with Gasteiger partial charge in [0.15, 0.2) is 5.82 Å². The van der Waals surface area contributed by atoms with E-state index in [0.717, 1.165) is 16.8 Å². The number of hydrogen-bond acceptors (Lipinski definition) is 5. The Kier molecular flexibility index (Phi) is 5.96. The van der Waals surface area contributed by atoms with Crippen LogP contribution < -0.4 is 16.0 Å². The van der Waals surface area contributed by atoms with Gasteiger partial charge in [0.05, 0.1) is 17.7 Å². The van der Waals surface area contributed by atoms with Crippen LogP contribution in [0.3, 0.4) is 0 Å². The number of pyridine rings is 2. The quantitative estimate of drug-likeness (QED) is 0.615. The van der Waals surface area contributed by atoms with Gasteiger partial charge in [-0.25, -0.2) is 4.98 Å². The summed E-state index contributed by atoms with van der Waals surface area (Å²) in [6, 6.07) is 13.0. The maximum Gasteiger partial charge on any atom is 0.252 e. The van der Waals surface area contributed by atoms with Crippen LogP contribution in [0.4, 0.5) is 17.2 Å². The average Bonchev–Trinajstić information content (AvgIpc) is 2.71. The first-order valence-electron chi connectivity index (χ1n) is 8.80. The van der Waals surface area contributed by atoms with Crippen molar-refractivity contribution in [3.63, 3.8) is 0 Å². The third kappa shape index (κ3) is 4.70. The van der Waals surface area contributed by atoms with Gasteiger partial charge in [0.25, 0.3) is 5.91 Å². The fraction of sp³-hybridized carbons (Fsp3) is 0.143. The second-order valence-corrected chi connectivity index (χ2v) is 6.23. The first kappa shape index (κ1) is 19.0. The number of amides is 2. The summed E-state index contributed by atoms with van der Waals surface area (Å²) in [5.74, 6) is -0.0455. The van der Waals surface area contributed by atoms with Crippen molar-refractivity contribution in [2.24, 2.45) is 0 Å². The van der Waals surface area contributed by atoms with Crippen LogP contribution in [0.5, 0.6) is 0 Å². The molecule has 0 aliphatic rings. The van der Waals surface area contributed by atoms with Gasteiger partial charge in [0.1, 0.15) is 0 Å². The molecule has 2 amide bonds. The third-order valence-electron chi connectivity index (χ3n) is 4.14. The predicted molar refractivity (Wildman–Crippen MR) is 109 cm³/mol. The summed E-state index contributed by atoms with van der Waals surface area (Å²) in [6.45, 7) is 1.97. The molecule has 0 radical (unpaired) electrons. The lowest BCUT2D eigenvalue weighted by molar-refractivity contribution is -0.115. The number of para-hydroxylation sites is 1. The second-order valence-electron chi connectivity index (χ2n) is 6.23. The molecule has 0 saturated heterocycles. The van der Waals surface area contributed by atoms with E-state index in [0.29, 0.717) is 17.1 Å². The second kappa shape index (κ2) is 8.77. The third-order valence-corrected chi connectivity index (χ3v) is 4.14. The molecule has 0 fully saturated rings. The molecule has 7 heteroatoms. The van der Waals surface area contributed by atoms with Crippen LogP contribution in [-0.2, 0) is 11.2 Å². The minimum absolute atomic E-state index is 0.168. The number of aromatic nitrogens is 2. The molecule has 1 aromatic carbocycles. The van der Waals surface area contributed by atoms with Crippen molar-refractivity contribution in [2.45, 2.75) is 13.3 Å². The zero-order chi connectivity index (χ0) is 19.9. The Balaban J connectivity index is 1.88. The van der Waals surface area contributed by atoms with E-state index in [9.17, 15) is 9.59 Å². The van der Waals surface area contributed by atoms with Gasteiger partial charge in [-0.2, -0.15) is 0 Å². The van der Waals surface area contributed by atoms with Crippen molar-refractivity contribution in [2.75, 3.05) is 17.7 Å². The summed E-state index contributed by atoms with van der Waals surface area (Å²) in [7, 11) is 1.54. The molecule has 0 aliphatic carbocycles. The highest BCUT2D eigenvalue weighted by atomic mass is 16.2. The Morgan fingerprint density at radius 1 is 1.04 bits per heavy atom. The Bertz CT molecular complexity index is 989. The molecule has 7 nitrogen and oxygen atoms in total. The zero-order valence-electron chi connectivity index (χ0n) is 15.7. The molecule has 2 aromatic heterocycles. The van der Waals surface area contributed by atoms with E-state index in [1.807, 2.05) is 37.3 Å². The number of carbonyl (C=O) groups excluding carboxylic acids is 2. The fourth-order valence-electron chi connectivity index (χ4n) is 2.65. The number of anilines is 3. The Labute approximate surface area is 163 Å². The largest absolute Gasteiger partial charge is 0.355 e. The molecule has 3 N–H and O–H groups in total. The number of rotatable bonds is 6. The number of nitrogens with zero attached hydrogens (tertiary/aromatic N) is 2. The molecule has 0 spiro atoms. The maximum atomic E-state index is 12.5. The number of hydrogen-bond donors (Lipinski definition) is 3. The molecule has 0 atom stereocenters. The van der Waals surface area contributed by atoms with E-state index in [2.05, 4.69) is 25.9 Å². The lowest BCUT2D eigenvalue weighted by Crippen LogP contribution is -2.20. The van der Waals surface area contributed by atoms with Crippen LogP contribution in [0.25, 0.3) is 0 Å². The molecule has 28 heavy (non-hydrogen) atoms. The first-order chi connectivity index (χ1) is 13.6. The maximum absolute atomic E-state index is 12.5. The molecule has 0 saturated carbocycles. The van der Waals surface area contributed by atoms with E-state index >= 15 is 0 Å². The number of aryl methyl sites for hydroxylation is 1. The van der Waals surface area contributed by atoms with Crippen LogP contribution in [0, 0.1) is 6.92 Å². The van der Waals surface area contributed by atoms with Gasteiger partial charge in [-0.05, 0) is 36.2 Å². The lowest BCUT2D eigenvalue weighted by atomic mass is 10.1. The predicted octanol–water partition coefficient (Wildman–Crippen LogP) is 3.07. The van der Waals surface area contributed by atoms with Gasteiger partial charge in [-0.3, -0.25) is 14.6 Å². The molecule has 0 bridgehead atoms. The molecule has 3 rings (SSSR count). The first-order valence-corrected chi connectivity index (χ1v) is 8.80. The van der Waals surface area contributed by atoms with Crippen molar-refractivity contribution in [3.8, 4) is 0 Å². The van der Waals surface area contributed by atoms with Crippen molar-refractivity contribution in [1.29, 1.82) is 0 Å². The zero-order valence-corrected chi connectivity index (χ0v) is 15.7. The minimum Gasteiger partial charge on any atom is -0.355 e. The Morgan fingerprint density at radius 2 is 1.86 bits per heavy atom. The summed E-state index contributed by atoms with van der Waals surface area (Å²) in [4.78, 5) is 32.8. The summed E-state index contributed by atoms with van der Waals surface area (Å²) in [5, 5.41) is 8.63. The normalized spacial score (nSPS) is 10.2. The molecular formula is C21H21N5O2. The Hall–Kier alpha value is -3.74. The summed E-state index contributed by atoms with van der Waals surface area (Å²) in [6.07, 6.45) is 4.94. The van der Waals surface area contributed by atoms with Crippen LogP contribution in [-0.4, -0.2) is 28.8 Å². The lowest BCUT2D eigenvalue weighted by Gasteiger charge is -2.15. The number of nitrogens with one attached hydrogen (secondary N) is 3. The molecule has 3 aromatic rings. The molecule has 142 valence electrons. The topological polar surface area (TPSA) is 96.0 Å². The van der Waals surface area contributed by atoms with Crippen LogP contribution in [0.15, 0.2) is 61.1 Å². The monoisotopic (exact) mass is 375 g/mol. The van der Waals surface area contributed by atoms with E-state index in [4.69, 9.17) is 0 Å². The molecule has 2 heterocycles. The minimum atomic E-state index is -0.280. The standard InChI is InChI=1S/C21H21N5O2/c1-14-6-3-4-8-17(14)26-20-18(11-16(13-24-20)21(28)22-2)25-19(27)10-15-7-5-9-23-12-15/h3-9,11-13H,10H2,1-2H3,(H,22,28)(H,24,26)(H,25,27). The van der Waals surface area contributed by atoms with Gasteiger partial charge >= 0.3 is 0 Å². The van der Waals surface area contributed by atoms with Crippen molar-refractivity contribution < 1.29 is 9.59 Å². The van der Waals surface area contributed by atoms with Crippen LogP contribution in [0.2, 0.25) is 0 Å². The van der Waals surface area contributed by atoms with E-state index in [-0.39, 0.29) is 18.2 Å². The number of benzene rings is 1. The van der Waals surface area contributed by atoms with E-state index in [1.54, 1.807) is 31.6 Å². The molecular weight excluding hydrogens is 354 g/mol. The van der Waals surface area contributed by atoms with E-state index in [1.165, 1.54) is 6.20 Å². The van der Waals surface area contributed by atoms with E-state index < -0.39 is 0 Å². The Morgan fingerprint density at radius 3 is 2.57 bits per heavy atom. The molecule has 0 unspecified atom stereocenters. The summed E-state index contributed by atoms with van der Waals surface area (Å²) < 4.78 is 0. The van der Waals surface area contributed by atoms with Gasteiger partial charge in [0.2, 0.25) is 5.91 Å².